The molecule has 0 unspecified atom stereocenters. The largest absolute Gasteiger partial charge is 0.309 e. The van der Waals surface area contributed by atoms with E-state index in [2.05, 4.69) is 38.1 Å². The molecule has 0 bridgehead atoms. The van der Waals surface area contributed by atoms with E-state index >= 15 is 0 Å². The van der Waals surface area contributed by atoms with E-state index in [-0.39, 0.29) is 0 Å². The van der Waals surface area contributed by atoms with E-state index in [1.807, 2.05) is 18.2 Å². The minimum atomic E-state index is 0.446. The third kappa shape index (κ3) is 4.26. The van der Waals surface area contributed by atoms with E-state index in [0.717, 1.165) is 18.6 Å². The third-order valence-electron chi connectivity index (χ3n) is 2.68. The Bertz CT molecular complexity index is 304. The Morgan fingerprint density at radius 1 is 1.27 bits per heavy atom. The van der Waals surface area contributed by atoms with Crippen LogP contribution < -0.4 is 0 Å². The van der Waals surface area contributed by atoms with Gasteiger partial charge in [0.25, 0.3) is 0 Å². The van der Waals surface area contributed by atoms with Crippen molar-refractivity contribution in [2.24, 2.45) is 0 Å². The van der Waals surface area contributed by atoms with E-state index in [9.17, 15) is 0 Å². The molecule has 1 atom stereocenters. The van der Waals surface area contributed by atoms with Crippen molar-refractivity contribution in [1.29, 1.82) is 5.41 Å². The lowest BCUT2D eigenvalue weighted by atomic mass is 10.0. The molecule has 0 aliphatic carbocycles. The first-order valence-electron chi connectivity index (χ1n) is 5.36. The van der Waals surface area contributed by atoms with Crippen molar-refractivity contribution in [3.63, 3.8) is 0 Å². The molecule has 0 radical (unpaired) electrons. The van der Waals surface area contributed by atoms with E-state index < -0.39 is 0 Å². The standard InChI is InChI=1S/C13H20N2/c1-11(15(2)3)9-13(14)10-12-7-5-4-6-8-12/h4-8,11,14H,9-10H2,1-3H3/t11-/m0/s1. The third-order valence-corrected chi connectivity index (χ3v) is 2.68. The molecule has 82 valence electrons. The number of benzene rings is 1. The fraction of sp³-hybridized carbons (Fsp3) is 0.462. The molecule has 1 aromatic rings. The quantitative estimate of drug-likeness (QED) is 0.733. The summed E-state index contributed by atoms with van der Waals surface area (Å²) in [5, 5.41) is 7.92. The van der Waals surface area contributed by atoms with Gasteiger partial charge in [0, 0.05) is 24.6 Å². The Morgan fingerprint density at radius 2 is 1.87 bits per heavy atom. The van der Waals surface area contributed by atoms with Gasteiger partial charge in [-0.2, -0.15) is 0 Å². The van der Waals surface area contributed by atoms with Crippen LogP contribution in [0.4, 0.5) is 0 Å². The first kappa shape index (κ1) is 11.9. The van der Waals surface area contributed by atoms with E-state index in [1.165, 1.54) is 5.56 Å². The van der Waals surface area contributed by atoms with Crippen LogP contribution in [-0.2, 0) is 6.42 Å². The normalized spacial score (nSPS) is 12.8. The molecule has 2 heteroatoms. The van der Waals surface area contributed by atoms with Gasteiger partial charge in [0.2, 0.25) is 0 Å². The fourth-order valence-corrected chi connectivity index (χ4v) is 1.45. The van der Waals surface area contributed by atoms with Crippen molar-refractivity contribution in [2.75, 3.05) is 14.1 Å². The second-order valence-corrected chi connectivity index (χ2v) is 4.28. The number of hydrogen-bond donors (Lipinski definition) is 1. The van der Waals surface area contributed by atoms with Crippen LogP contribution in [-0.4, -0.2) is 30.7 Å². The van der Waals surface area contributed by atoms with E-state index in [1.54, 1.807) is 0 Å². The first-order valence-corrected chi connectivity index (χ1v) is 5.36. The number of nitrogens with one attached hydrogen (secondary N) is 1. The smallest absolute Gasteiger partial charge is 0.0148 e. The molecule has 0 saturated carbocycles. The zero-order valence-corrected chi connectivity index (χ0v) is 9.83. The lowest BCUT2D eigenvalue weighted by Gasteiger charge is -2.19. The van der Waals surface area contributed by atoms with Crippen molar-refractivity contribution in [3.05, 3.63) is 35.9 Å². The van der Waals surface area contributed by atoms with Crippen molar-refractivity contribution >= 4 is 5.71 Å². The SMILES string of the molecule is C[C@@H](CC(=N)Cc1ccccc1)N(C)C. The summed E-state index contributed by atoms with van der Waals surface area (Å²) in [6.45, 7) is 2.15. The number of rotatable bonds is 5. The highest BCUT2D eigenvalue weighted by Crippen LogP contribution is 2.06. The first-order chi connectivity index (χ1) is 7.09. The highest BCUT2D eigenvalue weighted by molar-refractivity contribution is 5.84. The summed E-state index contributed by atoms with van der Waals surface area (Å²) in [4.78, 5) is 2.15. The second kappa shape index (κ2) is 5.66. The van der Waals surface area contributed by atoms with Crippen LogP contribution in [0.25, 0.3) is 0 Å². The van der Waals surface area contributed by atoms with Crippen molar-refractivity contribution < 1.29 is 0 Å². The van der Waals surface area contributed by atoms with Gasteiger partial charge in [0.15, 0.2) is 0 Å². The molecule has 0 aliphatic rings. The molecule has 1 aromatic carbocycles. The maximum Gasteiger partial charge on any atom is 0.0148 e. The van der Waals surface area contributed by atoms with Crippen molar-refractivity contribution in [1.82, 2.24) is 4.90 Å². The monoisotopic (exact) mass is 204 g/mol. The van der Waals surface area contributed by atoms with Crippen LogP contribution in [0, 0.1) is 5.41 Å². The maximum absolute atomic E-state index is 7.92. The molecule has 0 aliphatic heterocycles. The predicted octanol–water partition coefficient (Wildman–Crippen LogP) is 2.59. The van der Waals surface area contributed by atoms with Gasteiger partial charge in [-0.05, 0) is 26.6 Å². The van der Waals surface area contributed by atoms with Crippen LogP contribution >= 0.6 is 0 Å². The van der Waals surface area contributed by atoms with Crippen LogP contribution in [0.1, 0.15) is 18.9 Å². The summed E-state index contributed by atoms with van der Waals surface area (Å²) in [6.07, 6.45) is 1.63. The van der Waals surface area contributed by atoms with Crippen LogP contribution in [0.2, 0.25) is 0 Å². The molecular weight excluding hydrogens is 184 g/mol. The van der Waals surface area contributed by atoms with Gasteiger partial charge in [-0.1, -0.05) is 30.3 Å². The highest BCUT2D eigenvalue weighted by Gasteiger charge is 2.08. The second-order valence-electron chi connectivity index (χ2n) is 4.28. The topological polar surface area (TPSA) is 27.1 Å². The Hall–Kier alpha value is -1.15. The molecule has 0 fully saturated rings. The predicted molar refractivity (Wildman–Crippen MR) is 65.6 cm³/mol. The summed E-state index contributed by atoms with van der Waals surface area (Å²) in [6, 6.07) is 10.7. The maximum atomic E-state index is 7.92. The minimum Gasteiger partial charge on any atom is -0.309 e. The summed E-state index contributed by atoms with van der Waals surface area (Å²) in [7, 11) is 4.11. The fourth-order valence-electron chi connectivity index (χ4n) is 1.45. The summed E-state index contributed by atoms with van der Waals surface area (Å²) < 4.78 is 0. The van der Waals surface area contributed by atoms with Crippen molar-refractivity contribution in [2.45, 2.75) is 25.8 Å². The molecule has 1 rings (SSSR count). The van der Waals surface area contributed by atoms with Crippen LogP contribution in [0.3, 0.4) is 0 Å². The molecule has 0 spiro atoms. The van der Waals surface area contributed by atoms with Gasteiger partial charge in [-0.3, -0.25) is 0 Å². The van der Waals surface area contributed by atoms with Gasteiger partial charge < -0.3 is 10.3 Å². The highest BCUT2D eigenvalue weighted by atomic mass is 15.1. The molecule has 0 amide bonds. The Labute approximate surface area is 92.4 Å². The van der Waals surface area contributed by atoms with Gasteiger partial charge >= 0.3 is 0 Å². The minimum absolute atomic E-state index is 0.446. The lowest BCUT2D eigenvalue weighted by molar-refractivity contribution is 0.320. The Balaban J connectivity index is 2.43. The zero-order chi connectivity index (χ0) is 11.3. The summed E-state index contributed by atoms with van der Waals surface area (Å²) >= 11 is 0. The Kier molecular flexibility index (Phi) is 4.50. The molecule has 15 heavy (non-hydrogen) atoms. The summed E-state index contributed by atoms with van der Waals surface area (Å²) in [5.41, 5.74) is 2.04. The summed E-state index contributed by atoms with van der Waals surface area (Å²) in [5.74, 6) is 0. The van der Waals surface area contributed by atoms with Crippen LogP contribution in [0.5, 0.6) is 0 Å². The average molecular weight is 204 g/mol. The van der Waals surface area contributed by atoms with E-state index in [0.29, 0.717) is 6.04 Å². The average Bonchev–Trinajstić information content (AvgIpc) is 2.18. The van der Waals surface area contributed by atoms with E-state index in [4.69, 9.17) is 5.41 Å². The molecular formula is C13H20N2. The molecule has 0 aromatic heterocycles. The number of nitrogens with zero attached hydrogens (tertiary/aromatic N) is 1. The lowest BCUT2D eigenvalue weighted by Crippen LogP contribution is -2.27. The molecule has 2 nitrogen and oxygen atoms in total. The van der Waals surface area contributed by atoms with Gasteiger partial charge in [-0.15, -0.1) is 0 Å². The molecule has 1 N–H and O–H groups in total. The van der Waals surface area contributed by atoms with Gasteiger partial charge in [0.05, 0.1) is 0 Å². The van der Waals surface area contributed by atoms with Crippen molar-refractivity contribution in [3.8, 4) is 0 Å². The van der Waals surface area contributed by atoms with Crippen LogP contribution in [0.15, 0.2) is 30.3 Å². The number of hydrogen-bond acceptors (Lipinski definition) is 2. The van der Waals surface area contributed by atoms with Gasteiger partial charge in [-0.25, -0.2) is 0 Å². The molecule has 0 saturated heterocycles. The van der Waals surface area contributed by atoms with Gasteiger partial charge in [0.1, 0.15) is 0 Å². The Morgan fingerprint density at radius 3 is 2.40 bits per heavy atom. The zero-order valence-electron chi connectivity index (χ0n) is 9.83. The molecule has 0 heterocycles.